The van der Waals surface area contributed by atoms with Gasteiger partial charge in [-0.2, -0.15) is 0 Å². The molecule has 4 nitrogen and oxygen atoms in total. The van der Waals surface area contributed by atoms with Gasteiger partial charge in [0.2, 0.25) is 0 Å². The minimum absolute atomic E-state index is 0. The summed E-state index contributed by atoms with van der Waals surface area (Å²) in [4.78, 5) is 18.9. The molecule has 2 atom stereocenters. The Labute approximate surface area is 206 Å². The van der Waals surface area contributed by atoms with Crippen LogP contribution in [0.4, 0.5) is 0 Å². The molecule has 0 aromatic heterocycles. The molecule has 0 aliphatic rings. The molecule has 140 valence electrons. The second-order valence-corrected chi connectivity index (χ2v) is 6.65. The number of aliphatic carboxylic acids is 2. The third-order valence-electron chi connectivity index (χ3n) is 4.62. The van der Waals surface area contributed by atoms with Gasteiger partial charge in [-0.25, -0.2) is 0 Å². The van der Waals surface area contributed by atoms with Crippen molar-refractivity contribution in [2.75, 3.05) is 0 Å². The fraction of sp³-hybridized carbons (Fsp3) is 0.895. The number of carbonyl (C=O) groups is 2. The first-order valence-electron chi connectivity index (χ1n) is 9.86. The maximum absolute atomic E-state index is 9.43. The third-order valence-corrected chi connectivity index (χ3v) is 4.62. The first-order valence-corrected chi connectivity index (χ1v) is 9.86. The van der Waals surface area contributed by atoms with E-state index in [1.54, 1.807) is 0 Å². The van der Waals surface area contributed by atoms with E-state index in [0.29, 0.717) is 0 Å². The summed E-state index contributed by atoms with van der Waals surface area (Å²) in [5, 5.41) is 16.8. The zero-order valence-electron chi connectivity index (χ0n) is 16.4. The van der Waals surface area contributed by atoms with Crippen molar-refractivity contribution in [3.8, 4) is 0 Å². The fourth-order valence-corrected chi connectivity index (χ4v) is 3.17. The molecule has 0 rings (SSSR count). The standard InChI is InChI=1S/C16H33.C3H4O4.K.Li.H/c1-5-8-10-12-13-15(4)16(7-3)14-11-9-6-2;4-2(5)1-3(6)7;;;/h15-16H,4-14H2,1-3H3;1H2,(H,4,5)(H,6,7);;;. The summed E-state index contributed by atoms with van der Waals surface area (Å²) in [6, 6.07) is 0. The average Bonchev–Trinajstić information content (AvgIpc) is 2.52. The van der Waals surface area contributed by atoms with Gasteiger partial charge >= 0.3 is 183 Å². The number of hydrogen-bond donors (Lipinski definition) is 2. The molecule has 0 radical (unpaired) electrons. The Hall–Kier alpha value is 1.17. The predicted octanol–water partition coefficient (Wildman–Crippen LogP) is 4.66. The van der Waals surface area contributed by atoms with Crippen LogP contribution in [0.2, 0.25) is 5.09 Å². The van der Waals surface area contributed by atoms with E-state index in [9.17, 15) is 9.59 Å². The SMILES string of the molecule is O=C(O)CC(=O)O.[KH].[Li][CH2]C(CCCCCC)C(CC)CCCCC. The number of carboxylic acids is 2. The zero-order valence-corrected chi connectivity index (χ0v) is 16.4. The molecule has 0 aromatic carbocycles. The maximum atomic E-state index is 9.43. The van der Waals surface area contributed by atoms with Gasteiger partial charge in [0.1, 0.15) is 6.42 Å². The number of unbranched alkanes of at least 4 members (excludes halogenated alkanes) is 5. The van der Waals surface area contributed by atoms with E-state index in [4.69, 9.17) is 10.2 Å². The van der Waals surface area contributed by atoms with Crippen molar-refractivity contribution in [1.29, 1.82) is 0 Å². The molecular weight excluding hydrogens is 338 g/mol. The van der Waals surface area contributed by atoms with E-state index in [1.165, 1.54) is 69.3 Å². The van der Waals surface area contributed by atoms with Gasteiger partial charge in [0.25, 0.3) is 0 Å². The Bertz CT molecular complexity index is 302. The van der Waals surface area contributed by atoms with Crippen molar-refractivity contribution in [2.24, 2.45) is 11.8 Å². The molecule has 0 aromatic rings. The quantitative estimate of drug-likeness (QED) is 0.263. The number of carboxylic acid groups (broad SMARTS) is 2. The Morgan fingerprint density at radius 1 is 0.800 bits per heavy atom. The summed E-state index contributed by atoms with van der Waals surface area (Å²) in [6.07, 6.45) is 13.5. The van der Waals surface area contributed by atoms with Crippen LogP contribution < -0.4 is 0 Å². The van der Waals surface area contributed by atoms with Crippen LogP contribution in [0.1, 0.15) is 91.4 Å². The molecule has 2 unspecified atom stereocenters. The van der Waals surface area contributed by atoms with Crippen molar-refractivity contribution in [3.63, 3.8) is 0 Å². The molecule has 0 aliphatic carbocycles. The molecule has 0 aliphatic heterocycles. The third kappa shape index (κ3) is 23.1. The van der Waals surface area contributed by atoms with Crippen LogP contribution in [-0.4, -0.2) is 91.3 Å². The molecule has 0 spiro atoms. The average molecular weight is 377 g/mol. The molecular formula is C19H38KLiO4. The number of hydrogen-bond acceptors (Lipinski definition) is 2. The van der Waals surface area contributed by atoms with E-state index in [0.717, 1.165) is 11.8 Å². The monoisotopic (exact) mass is 376 g/mol. The van der Waals surface area contributed by atoms with Crippen molar-refractivity contribution in [2.45, 2.75) is 96.5 Å². The van der Waals surface area contributed by atoms with Gasteiger partial charge in [-0.05, 0) is 0 Å². The van der Waals surface area contributed by atoms with E-state index < -0.39 is 18.4 Å². The van der Waals surface area contributed by atoms with Gasteiger partial charge in [0.05, 0.1) is 0 Å². The van der Waals surface area contributed by atoms with Crippen LogP contribution in [0.15, 0.2) is 0 Å². The molecule has 0 amide bonds. The molecule has 0 bridgehead atoms. The van der Waals surface area contributed by atoms with Crippen LogP contribution in [0.5, 0.6) is 0 Å². The molecule has 6 heteroatoms. The Morgan fingerprint density at radius 2 is 1.24 bits per heavy atom. The molecule has 0 saturated carbocycles. The van der Waals surface area contributed by atoms with Crippen molar-refractivity contribution in [1.82, 2.24) is 0 Å². The van der Waals surface area contributed by atoms with Crippen molar-refractivity contribution < 1.29 is 19.8 Å². The van der Waals surface area contributed by atoms with Gasteiger partial charge in [0.15, 0.2) is 0 Å². The van der Waals surface area contributed by atoms with Gasteiger partial charge < -0.3 is 10.2 Å². The van der Waals surface area contributed by atoms with E-state index in [2.05, 4.69) is 38.5 Å². The summed E-state index contributed by atoms with van der Waals surface area (Å²) < 4.78 is 0. The van der Waals surface area contributed by atoms with E-state index >= 15 is 0 Å². The Balaban J connectivity index is -0.000000513. The topological polar surface area (TPSA) is 74.6 Å². The second-order valence-electron chi connectivity index (χ2n) is 6.65. The summed E-state index contributed by atoms with van der Waals surface area (Å²) in [7, 11) is 0. The normalized spacial score (nSPS) is 12.4. The minimum atomic E-state index is -1.31. The van der Waals surface area contributed by atoms with Crippen LogP contribution in [0, 0.1) is 11.8 Å². The van der Waals surface area contributed by atoms with Crippen molar-refractivity contribution >= 4 is 81.0 Å². The van der Waals surface area contributed by atoms with E-state index in [1.807, 2.05) is 0 Å². The van der Waals surface area contributed by atoms with Crippen molar-refractivity contribution in [3.05, 3.63) is 0 Å². The summed E-state index contributed by atoms with van der Waals surface area (Å²) in [5.74, 6) is -0.609. The zero-order chi connectivity index (χ0) is 18.8. The Kier molecular flexibility index (Phi) is 28.7. The summed E-state index contributed by atoms with van der Waals surface area (Å²) >= 11 is 2.40. The van der Waals surface area contributed by atoms with Crippen LogP contribution in [-0.2, 0) is 9.59 Å². The van der Waals surface area contributed by atoms with Gasteiger partial charge in [-0.3, -0.25) is 9.59 Å². The van der Waals surface area contributed by atoms with Crippen LogP contribution in [0.3, 0.4) is 0 Å². The van der Waals surface area contributed by atoms with E-state index in [-0.39, 0.29) is 51.4 Å². The Morgan fingerprint density at radius 3 is 1.60 bits per heavy atom. The number of rotatable bonds is 14. The fourth-order valence-electron chi connectivity index (χ4n) is 3.17. The molecule has 2 N–H and O–H groups in total. The second kappa shape index (κ2) is 23.2. The molecule has 0 saturated heterocycles. The first kappa shape index (κ1) is 30.9. The van der Waals surface area contributed by atoms with Crippen LogP contribution in [0.25, 0.3) is 0 Å². The molecule has 0 fully saturated rings. The molecule has 25 heavy (non-hydrogen) atoms. The molecule has 0 heterocycles. The summed E-state index contributed by atoms with van der Waals surface area (Å²) in [5.41, 5.74) is 0. The summed E-state index contributed by atoms with van der Waals surface area (Å²) in [6.45, 7) is 7.01. The van der Waals surface area contributed by atoms with Gasteiger partial charge in [0, 0.05) is 0 Å². The predicted molar refractivity (Wildman–Crippen MR) is 108 cm³/mol. The van der Waals surface area contributed by atoms with Gasteiger partial charge in [-0.15, -0.1) is 0 Å². The van der Waals surface area contributed by atoms with Crippen LogP contribution >= 0.6 is 0 Å². The first-order chi connectivity index (χ1) is 11.4. The van der Waals surface area contributed by atoms with Gasteiger partial charge in [-0.1, -0.05) is 0 Å².